The van der Waals surface area contributed by atoms with Gasteiger partial charge in [-0.2, -0.15) is 0 Å². The van der Waals surface area contributed by atoms with Gasteiger partial charge >= 0.3 is 0 Å². The molecule has 0 amide bonds. The van der Waals surface area contributed by atoms with E-state index >= 15 is 0 Å². The van der Waals surface area contributed by atoms with Gasteiger partial charge in [0.1, 0.15) is 19.0 Å². The fraction of sp³-hybridized carbons (Fsp3) is 0.412. The number of rotatable bonds is 5. The van der Waals surface area contributed by atoms with Crippen LogP contribution in [0.4, 0.5) is 11.6 Å². The Morgan fingerprint density at radius 1 is 0.923 bits per heavy atom. The molecular formula is C17H20N4O4S. The van der Waals surface area contributed by atoms with Gasteiger partial charge in [-0.15, -0.1) is 10.2 Å². The first-order valence-corrected chi connectivity index (χ1v) is 10.1. The Bertz CT molecular complexity index is 880. The maximum absolute atomic E-state index is 12.6. The Hall–Kier alpha value is -2.55. The molecule has 8 nitrogen and oxygen atoms in total. The highest BCUT2D eigenvalue weighted by atomic mass is 32.2. The molecule has 1 saturated carbocycles. The van der Waals surface area contributed by atoms with Crippen molar-refractivity contribution in [2.24, 2.45) is 0 Å². The van der Waals surface area contributed by atoms with Gasteiger partial charge in [0.25, 0.3) is 10.0 Å². The molecule has 4 rings (SSSR count). The first-order chi connectivity index (χ1) is 12.6. The first-order valence-electron chi connectivity index (χ1n) is 8.63. The highest BCUT2D eigenvalue weighted by Gasteiger charge is 2.20. The van der Waals surface area contributed by atoms with E-state index in [-0.39, 0.29) is 10.7 Å². The first kappa shape index (κ1) is 16.9. The van der Waals surface area contributed by atoms with Crippen molar-refractivity contribution in [1.29, 1.82) is 0 Å². The lowest BCUT2D eigenvalue weighted by Crippen LogP contribution is -2.18. The summed E-state index contributed by atoms with van der Waals surface area (Å²) >= 11 is 0. The van der Waals surface area contributed by atoms with Gasteiger partial charge in [0, 0.05) is 12.1 Å². The van der Waals surface area contributed by atoms with Crippen molar-refractivity contribution in [3.8, 4) is 11.5 Å². The van der Waals surface area contributed by atoms with Gasteiger partial charge in [0.05, 0.1) is 4.90 Å². The highest BCUT2D eigenvalue weighted by molar-refractivity contribution is 7.92. The molecular weight excluding hydrogens is 356 g/mol. The molecule has 0 radical (unpaired) electrons. The normalized spacial score (nSPS) is 17.1. The minimum Gasteiger partial charge on any atom is -0.486 e. The predicted octanol–water partition coefficient (Wildman–Crippen LogP) is 2.40. The minimum absolute atomic E-state index is 0.0803. The Balaban J connectivity index is 1.47. The number of fused-ring (bicyclic) bond motifs is 1. The third kappa shape index (κ3) is 3.67. The number of nitrogens with one attached hydrogen (secondary N) is 2. The molecule has 1 aliphatic carbocycles. The molecule has 0 bridgehead atoms. The molecule has 2 heterocycles. The average molecular weight is 376 g/mol. The van der Waals surface area contributed by atoms with Crippen molar-refractivity contribution < 1.29 is 17.9 Å². The van der Waals surface area contributed by atoms with Crippen LogP contribution in [0.1, 0.15) is 25.7 Å². The lowest BCUT2D eigenvalue weighted by atomic mass is 10.2. The van der Waals surface area contributed by atoms with Gasteiger partial charge in [0.15, 0.2) is 17.3 Å². The summed E-state index contributed by atoms with van der Waals surface area (Å²) in [4.78, 5) is 0.0803. The molecule has 1 fully saturated rings. The zero-order valence-electron chi connectivity index (χ0n) is 14.1. The topological polar surface area (TPSA) is 102 Å². The highest BCUT2D eigenvalue weighted by Crippen LogP contribution is 2.32. The molecule has 0 saturated heterocycles. The van der Waals surface area contributed by atoms with Crippen LogP contribution in [0, 0.1) is 0 Å². The lowest BCUT2D eigenvalue weighted by Gasteiger charge is -2.19. The molecule has 0 spiro atoms. The molecule has 0 atom stereocenters. The van der Waals surface area contributed by atoms with Gasteiger partial charge in [-0.1, -0.05) is 12.8 Å². The Kier molecular flexibility index (Phi) is 4.54. The molecule has 0 unspecified atom stereocenters. The fourth-order valence-electron chi connectivity index (χ4n) is 3.13. The van der Waals surface area contributed by atoms with Crippen LogP contribution in [0.2, 0.25) is 0 Å². The fourth-order valence-corrected chi connectivity index (χ4v) is 4.14. The van der Waals surface area contributed by atoms with Gasteiger partial charge in [-0.05, 0) is 37.1 Å². The van der Waals surface area contributed by atoms with Crippen LogP contribution < -0.4 is 19.5 Å². The summed E-state index contributed by atoms with van der Waals surface area (Å²) < 4.78 is 38.4. The van der Waals surface area contributed by atoms with E-state index in [1.165, 1.54) is 25.0 Å². The average Bonchev–Trinajstić information content (AvgIpc) is 3.16. The van der Waals surface area contributed by atoms with E-state index < -0.39 is 10.0 Å². The number of hydrogen-bond acceptors (Lipinski definition) is 7. The molecule has 1 aromatic heterocycles. The second-order valence-corrected chi connectivity index (χ2v) is 8.02. The third-order valence-corrected chi connectivity index (χ3v) is 5.79. The zero-order chi connectivity index (χ0) is 18.0. The van der Waals surface area contributed by atoms with E-state index in [1.807, 2.05) is 0 Å². The summed E-state index contributed by atoms with van der Waals surface area (Å²) in [5.41, 5.74) is 0. The van der Waals surface area contributed by atoms with Crippen molar-refractivity contribution in [3.05, 3.63) is 30.3 Å². The van der Waals surface area contributed by atoms with Crippen molar-refractivity contribution in [3.63, 3.8) is 0 Å². The van der Waals surface area contributed by atoms with Crippen molar-refractivity contribution >= 4 is 21.7 Å². The van der Waals surface area contributed by atoms with Crippen LogP contribution in [-0.2, 0) is 10.0 Å². The van der Waals surface area contributed by atoms with E-state index in [9.17, 15) is 8.42 Å². The van der Waals surface area contributed by atoms with Crippen LogP contribution in [0.3, 0.4) is 0 Å². The molecule has 9 heteroatoms. The maximum atomic E-state index is 12.6. The number of anilines is 2. The van der Waals surface area contributed by atoms with Crippen LogP contribution in [0.25, 0.3) is 0 Å². The summed E-state index contributed by atoms with van der Waals surface area (Å²) in [5, 5.41) is 11.3. The Morgan fingerprint density at radius 3 is 2.35 bits per heavy atom. The van der Waals surface area contributed by atoms with Gasteiger partial charge in [-0.25, -0.2) is 8.42 Å². The zero-order valence-corrected chi connectivity index (χ0v) is 15.0. The summed E-state index contributed by atoms with van der Waals surface area (Å²) in [6.45, 7) is 0.846. The predicted molar refractivity (Wildman–Crippen MR) is 96.2 cm³/mol. The Morgan fingerprint density at radius 2 is 1.62 bits per heavy atom. The second kappa shape index (κ2) is 6.99. The van der Waals surface area contributed by atoms with Gasteiger partial charge in [0.2, 0.25) is 0 Å². The molecule has 2 N–H and O–H groups in total. The number of sulfonamides is 1. The molecule has 1 aliphatic heterocycles. The smallest absolute Gasteiger partial charge is 0.263 e. The standard InChI is InChI=1S/C17H20N4O4S/c22-26(23,13-5-6-14-15(11-13)25-10-9-24-14)21-17-8-7-16(19-20-17)18-12-3-1-2-4-12/h5-8,11-12H,1-4,9-10H2,(H,18,19)(H,20,21). The largest absolute Gasteiger partial charge is 0.486 e. The third-order valence-electron chi connectivity index (χ3n) is 4.43. The molecule has 2 aliphatic rings. The minimum atomic E-state index is -3.79. The quantitative estimate of drug-likeness (QED) is 0.826. The number of benzene rings is 1. The molecule has 138 valence electrons. The SMILES string of the molecule is O=S(=O)(Nc1ccc(NC2CCCC2)nn1)c1ccc2c(c1)OCCO2. The van der Waals surface area contributed by atoms with Crippen molar-refractivity contribution in [2.45, 2.75) is 36.6 Å². The summed E-state index contributed by atoms with van der Waals surface area (Å²) in [6.07, 6.45) is 4.69. The van der Waals surface area contributed by atoms with E-state index in [1.54, 1.807) is 18.2 Å². The van der Waals surface area contributed by atoms with Crippen LogP contribution >= 0.6 is 0 Å². The second-order valence-electron chi connectivity index (χ2n) is 6.34. The monoisotopic (exact) mass is 376 g/mol. The molecule has 26 heavy (non-hydrogen) atoms. The summed E-state index contributed by atoms with van der Waals surface area (Å²) in [7, 11) is -3.79. The van der Waals surface area contributed by atoms with Crippen LogP contribution in [-0.4, -0.2) is 37.9 Å². The van der Waals surface area contributed by atoms with Crippen LogP contribution in [0.5, 0.6) is 11.5 Å². The molecule has 2 aromatic rings. The van der Waals surface area contributed by atoms with E-state index in [4.69, 9.17) is 9.47 Å². The van der Waals surface area contributed by atoms with Crippen molar-refractivity contribution in [2.75, 3.05) is 23.3 Å². The summed E-state index contributed by atoms with van der Waals surface area (Å²) in [5.74, 6) is 1.77. The van der Waals surface area contributed by atoms with E-state index in [2.05, 4.69) is 20.2 Å². The number of nitrogens with zero attached hydrogens (tertiary/aromatic N) is 2. The number of hydrogen-bond donors (Lipinski definition) is 2. The van der Waals surface area contributed by atoms with E-state index in [0.29, 0.717) is 36.6 Å². The van der Waals surface area contributed by atoms with Crippen molar-refractivity contribution in [1.82, 2.24) is 10.2 Å². The maximum Gasteiger partial charge on any atom is 0.263 e. The number of aromatic nitrogens is 2. The van der Waals surface area contributed by atoms with E-state index in [0.717, 1.165) is 12.8 Å². The van der Waals surface area contributed by atoms with Crippen LogP contribution in [0.15, 0.2) is 35.2 Å². The Labute approximate surface area is 152 Å². The lowest BCUT2D eigenvalue weighted by molar-refractivity contribution is 0.171. The molecule has 1 aromatic carbocycles. The van der Waals surface area contributed by atoms with Gasteiger partial charge < -0.3 is 14.8 Å². The summed E-state index contributed by atoms with van der Waals surface area (Å²) in [6, 6.07) is 8.25. The number of ether oxygens (including phenoxy) is 2. The van der Waals surface area contributed by atoms with Gasteiger partial charge in [-0.3, -0.25) is 4.72 Å².